The van der Waals surface area contributed by atoms with Gasteiger partial charge < -0.3 is 18.7 Å². The third kappa shape index (κ3) is 4.55. The van der Waals surface area contributed by atoms with Crippen molar-refractivity contribution < 1.29 is 18.7 Å². The Morgan fingerprint density at radius 1 is 1.12 bits per heavy atom. The molecule has 4 fully saturated rings. The number of quaternary nitrogens is 1. The molecule has 1 saturated carbocycles. The number of rotatable bonds is 8. The molecule has 1 aromatic carbocycles. The van der Waals surface area contributed by atoms with Crippen LogP contribution in [0.5, 0.6) is 0 Å². The predicted octanol–water partition coefficient (Wildman–Crippen LogP) is 5.19. The number of aliphatic hydroxyl groups is 1. The Morgan fingerprint density at radius 3 is 2.61 bits per heavy atom. The molecule has 1 aromatic heterocycles. The van der Waals surface area contributed by atoms with Gasteiger partial charge in [-0.05, 0) is 25.3 Å². The largest absolute Gasteiger partial charge is 0.436 e. The fourth-order valence-corrected chi connectivity index (χ4v) is 6.54. The molecular weight excluding hydrogens is 412 g/mol. The molecule has 5 heteroatoms. The molecule has 1 N–H and O–H groups in total. The molecule has 4 aliphatic rings. The Labute approximate surface area is 198 Å². The van der Waals surface area contributed by atoms with Crippen LogP contribution in [0.2, 0.25) is 0 Å². The Bertz CT molecular complexity index is 926. The zero-order valence-corrected chi connectivity index (χ0v) is 20.0. The van der Waals surface area contributed by atoms with E-state index in [0.29, 0.717) is 24.5 Å². The molecule has 2 atom stereocenters. The quantitative estimate of drug-likeness (QED) is 0.443. The summed E-state index contributed by atoms with van der Waals surface area (Å²) >= 11 is 0. The van der Waals surface area contributed by atoms with E-state index in [2.05, 4.69) is 12.2 Å². The van der Waals surface area contributed by atoms with Crippen molar-refractivity contribution >= 4 is 0 Å². The summed E-state index contributed by atoms with van der Waals surface area (Å²) in [5.41, 5.74) is -0.263. The molecular formula is C28H39N2O3+. The third-order valence-corrected chi connectivity index (χ3v) is 8.46. The maximum atomic E-state index is 12.1. The van der Waals surface area contributed by atoms with E-state index in [9.17, 15) is 5.11 Å². The van der Waals surface area contributed by atoms with Gasteiger partial charge in [0.15, 0.2) is 11.4 Å². The number of hydrogen-bond acceptors (Lipinski definition) is 4. The summed E-state index contributed by atoms with van der Waals surface area (Å²) in [4.78, 5) is 4.70. The molecule has 6 rings (SSSR count). The van der Waals surface area contributed by atoms with Crippen molar-refractivity contribution in [1.82, 2.24) is 4.98 Å². The lowest BCUT2D eigenvalue weighted by atomic mass is 9.73. The summed E-state index contributed by atoms with van der Waals surface area (Å²) in [5.74, 6) is 2.20. The van der Waals surface area contributed by atoms with E-state index in [1.165, 1.54) is 32.4 Å². The molecule has 3 aliphatic heterocycles. The maximum Gasteiger partial charge on any atom is 0.231 e. The van der Waals surface area contributed by atoms with Gasteiger partial charge in [0.25, 0.3) is 0 Å². The molecule has 1 unspecified atom stereocenters. The second kappa shape index (κ2) is 9.73. The number of nitrogens with zero attached hydrogens (tertiary/aromatic N) is 2. The van der Waals surface area contributed by atoms with E-state index < -0.39 is 5.60 Å². The summed E-state index contributed by atoms with van der Waals surface area (Å²) < 4.78 is 13.6. The van der Waals surface area contributed by atoms with E-state index >= 15 is 0 Å². The molecule has 2 bridgehead atoms. The van der Waals surface area contributed by atoms with E-state index in [4.69, 9.17) is 14.1 Å². The minimum Gasteiger partial charge on any atom is -0.436 e. The number of fused-ring (bicyclic) bond motifs is 3. The Morgan fingerprint density at radius 2 is 1.88 bits per heavy atom. The van der Waals surface area contributed by atoms with Gasteiger partial charge in [-0.1, -0.05) is 61.7 Å². The van der Waals surface area contributed by atoms with Crippen LogP contribution in [0.1, 0.15) is 69.1 Å². The average molecular weight is 452 g/mol. The minimum absolute atomic E-state index is 0.141. The minimum atomic E-state index is -1.16. The van der Waals surface area contributed by atoms with E-state index in [1.807, 2.05) is 43.5 Å². The van der Waals surface area contributed by atoms with Gasteiger partial charge >= 0.3 is 0 Å². The summed E-state index contributed by atoms with van der Waals surface area (Å²) in [7, 11) is 0. The lowest BCUT2D eigenvalue weighted by molar-refractivity contribution is -0.959. The third-order valence-electron chi connectivity index (χ3n) is 8.46. The van der Waals surface area contributed by atoms with E-state index in [1.54, 1.807) is 0 Å². The molecule has 3 saturated heterocycles. The highest BCUT2D eigenvalue weighted by molar-refractivity contribution is 5.30. The van der Waals surface area contributed by atoms with E-state index in [0.717, 1.165) is 54.6 Å². The van der Waals surface area contributed by atoms with Crippen LogP contribution in [-0.2, 0) is 16.9 Å². The Hall–Kier alpha value is -1.95. The number of hydrogen-bond donors (Lipinski definition) is 1. The summed E-state index contributed by atoms with van der Waals surface area (Å²) in [6, 6.07) is 10.0. The van der Waals surface area contributed by atoms with Gasteiger partial charge in [0.1, 0.15) is 19.2 Å². The van der Waals surface area contributed by atoms with Crippen LogP contribution in [0.3, 0.4) is 0 Å². The molecule has 0 amide bonds. The fourth-order valence-electron chi connectivity index (χ4n) is 6.54. The van der Waals surface area contributed by atoms with Gasteiger partial charge in [0, 0.05) is 24.7 Å². The van der Waals surface area contributed by atoms with Crippen molar-refractivity contribution in [2.45, 2.75) is 70.1 Å². The van der Waals surface area contributed by atoms with Crippen molar-refractivity contribution in [1.29, 1.82) is 0 Å². The second-order valence-corrected chi connectivity index (χ2v) is 10.5. The lowest BCUT2D eigenvalue weighted by Gasteiger charge is -2.51. The number of aromatic nitrogens is 1. The first kappa shape index (κ1) is 22.8. The molecule has 0 radical (unpaired) electrons. The topological polar surface area (TPSA) is 55.5 Å². The zero-order chi connectivity index (χ0) is 22.7. The van der Waals surface area contributed by atoms with Gasteiger partial charge in [-0.15, -0.1) is 0 Å². The summed E-state index contributed by atoms with van der Waals surface area (Å²) in [6.07, 6.45) is 14.4. The number of ether oxygens (including phenoxy) is 1. The normalized spacial score (nSPS) is 30.0. The monoisotopic (exact) mass is 451 g/mol. The summed E-state index contributed by atoms with van der Waals surface area (Å²) in [5, 5.41) is 12.1. The van der Waals surface area contributed by atoms with Crippen LogP contribution in [0.25, 0.3) is 0 Å². The van der Waals surface area contributed by atoms with Gasteiger partial charge in [-0.3, -0.25) is 0 Å². The van der Waals surface area contributed by atoms with Crippen LogP contribution < -0.4 is 0 Å². The predicted molar refractivity (Wildman–Crippen MR) is 128 cm³/mol. The van der Waals surface area contributed by atoms with Gasteiger partial charge in [0.2, 0.25) is 5.89 Å². The number of benzene rings is 1. The first-order valence-electron chi connectivity index (χ1n) is 12.9. The smallest absolute Gasteiger partial charge is 0.231 e. The average Bonchev–Trinajstić information content (AvgIpc) is 3.34. The van der Waals surface area contributed by atoms with Crippen LogP contribution in [0, 0.1) is 11.8 Å². The van der Waals surface area contributed by atoms with Gasteiger partial charge in [0.05, 0.1) is 25.9 Å². The number of allylic oxidation sites excluding steroid dienone is 1. The van der Waals surface area contributed by atoms with Crippen molar-refractivity contribution in [3.63, 3.8) is 0 Å². The van der Waals surface area contributed by atoms with Crippen molar-refractivity contribution in [3.05, 3.63) is 65.9 Å². The maximum absolute atomic E-state index is 12.1. The van der Waals surface area contributed by atoms with Crippen LogP contribution in [-0.4, -0.2) is 46.9 Å². The zero-order valence-electron chi connectivity index (χ0n) is 20.0. The second-order valence-electron chi connectivity index (χ2n) is 10.5. The molecule has 178 valence electrons. The van der Waals surface area contributed by atoms with E-state index in [-0.39, 0.29) is 5.92 Å². The number of oxazole rings is 1. The van der Waals surface area contributed by atoms with Crippen LogP contribution in [0.15, 0.2) is 53.1 Å². The highest BCUT2D eigenvalue weighted by Gasteiger charge is 2.48. The van der Waals surface area contributed by atoms with Crippen LogP contribution >= 0.6 is 0 Å². The molecule has 2 aromatic rings. The Balaban J connectivity index is 1.37. The fraction of sp³-hybridized carbons (Fsp3) is 0.607. The SMILES string of the molecule is CC=CCOC1C[N+]2(Cc3cnc([C@](O)(c4ccccc4)C4CCCCC4)o3)CCC1CC2. The molecule has 33 heavy (non-hydrogen) atoms. The molecule has 1 aliphatic carbocycles. The van der Waals surface area contributed by atoms with Crippen LogP contribution in [0.4, 0.5) is 0 Å². The standard InChI is InChI=1S/C28H39N2O3/c1-2-3-18-32-26-21-30(16-14-22(26)15-17-30)20-25-19-29-27(33-25)28(31,23-10-6-4-7-11-23)24-12-8-5-9-13-24/h2-4,6-7,10-11,19,22,24,26,31H,5,8-9,12-18,20-21H2,1H3/q+1/t22?,26?,28-,30?/m0/s1. The molecule has 4 heterocycles. The van der Waals surface area contributed by atoms with Gasteiger partial charge in [-0.2, -0.15) is 0 Å². The molecule has 5 nitrogen and oxygen atoms in total. The highest BCUT2D eigenvalue weighted by Crippen LogP contribution is 2.44. The highest BCUT2D eigenvalue weighted by atomic mass is 16.5. The first-order valence-corrected chi connectivity index (χ1v) is 12.9. The number of piperidine rings is 3. The summed E-state index contributed by atoms with van der Waals surface area (Å²) in [6.45, 7) is 6.98. The van der Waals surface area contributed by atoms with Crippen molar-refractivity contribution in [2.24, 2.45) is 11.8 Å². The van der Waals surface area contributed by atoms with Gasteiger partial charge in [-0.25, -0.2) is 4.98 Å². The van der Waals surface area contributed by atoms with Crippen molar-refractivity contribution in [2.75, 3.05) is 26.2 Å². The molecule has 0 spiro atoms. The van der Waals surface area contributed by atoms with Crippen molar-refractivity contribution in [3.8, 4) is 0 Å². The lowest BCUT2D eigenvalue weighted by Crippen LogP contribution is -2.63. The Kier molecular flexibility index (Phi) is 6.73. The first-order chi connectivity index (χ1) is 16.1.